The zero-order chi connectivity index (χ0) is 14.4. The first-order valence-electron chi connectivity index (χ1n) is 6.45. The summed E-state index contributed by atoms with van der Waals surface area (Å²) >= 11 is 0. The highest BCUT2D eigenvalue weighted by atomic mass is 16.4. The Bertz CT molecular complexity index is 359. The van der Waals surface area contributed by atoms with Crippen molar-refractivity contribution < 1.29 is 19.5 Å². The Morgan fingerprint density at radius 2 is 2.11 bits per heavy atom. The Labute approximate surface area is 112 Å². The Balaban J connectivity index is 2.56. The van der Waals surface area contributed by atoms with E-state index in [-0.39, 0.29) is 24.9 Å². The lowest BCUT2D eigenvalue weighted by molar-refractivity contribution is -0.137. The molecule has 1 heterocycles. The maximum atomic E-state index is 12.0. The topological polar surface area (TPSA) is 89.9 Å². The number of nitrogens with zero attached hydrogens (tertiary/aromatic N) is 2. The van der Waals surface area contributed by atoms with Crippen LogP contribution >= 0.6 is 0 Å². The smallest absolute Gasteiger partial charge is 0.318 e. The van der Waals surface area contributed by atoms with Crippen molar-refractivity contribution in [3.05, 3.63) is 0 Å². The first-order chi connectivity index (χ1) is 8.93. The molecule has 1 unspecified atom stereocenters. The Morgan fingerprint density at radius 1 is 1.42 bits per heavy atom. The molecule has 2 N–H and O–H groups in total. The summed E-state index contributed by atoms with van der Waals surface area (Å²) in [6.07, 6.45) is 1.16. The molecule has 1 rings (SSSR count). The summed E-state index contributed by atoms with van der Waals surface area (Å²) < 4.78 is 0. The van der Waals surface area contributed by atoms with Gasteiger partial charge in [0.1, 0.15) is 6.54 Å². The van der Waals surface area contributed by atoms with Crippen molar-refractivity contribution in [1.82, 2.24) is 15.1 Å². The highest BCUT2D eigenvalue weighted by Gasteiger charge is 2.24. The number of rotatable bonds is 4. The molecule has 1 aliphatic rings. The number of amides is 3. The first-order valence-corrected chi connectivity index (χ1v) is 6.45. The number of aliphatic carboxylic acids is 1. The fourth-order valence-corrected chi connectivity index (χ4v) is 1.93. The van der Waals surface area contributed by atoms with Crippen molar-refractivity contribution in [1.29, 1.82) is 0 Å². The molecule has 1 fully saturated rings. The SMILES string of the molecule is CCC(CC(=O)O)NC(=O)N1CCCN(C)C(=O)C1. The number of hydrogen-bond acceptors (Lipinski definition) is 3. The van der Waals surface area contributed by atoms with E-state index >= 15 is 0 Å². The van der Waals surface area contributed by atoms with Crippen LogP contribution in [0.5, 0.6) is 0 Å². The second-order valence-corrected chi connectivity index (χ2v) is 4.74. The van der Waals surface area contributed by atoms with Crippen LogP contribution in [0.4, 0.5) is 4.79 Å². The molecule has 0 aromatic rings. The van der Waals surface area contributed by atoms with E-state index in [4.69, 9.17) is 5.11 Å². The zero-order valence-corrected chi connectivity index (χ0v) is 11.4. The molecule has 3 amide bonds. The predicted octanol–water partition coefficient (Wildman–Crippen LogP) is 0.113. The molecule has 0 spiro atoms. The third kappa shape index (κ3) is 4.76. The number of carbonyl (C=O) groups is 3. The van der Waals surface area contributed by atoms with Gasteiger partial charge in [-0.05, 0) is 12.8 Å². The predicted molar refractivity (Wildman–Crippen MR) is 68.7 cm³/mol. The van der Waals surface area contributed by atoms with Gasteiger partial charge in [0.25, 0.3) is 0 Å². The monoisotopic (exact) mass is 271 g/mol. The number of hydrogen-bond donors (Lipinski definition) is 2. The largest absolute Gasteiger partial charge is 0.481 e. The van der Waals surface area contributed by atoms with Crippen molar-refractivity contribution in [3.8, 4) is 0 Å². The van der Waals surface area contributed by atoms with Crippen LogP contribution in [0.2, 0.25) is 0 Å². The summed E-state index contributed by atoms with van der Waals surface area (Å²) in [5, 5.41) is 11.4. The van der Waals surface area contributed by atoms with E-state index in [1.807, 2.05) is 6.92 Å². The van der Waals surface area contributed by atoms with Crippen LogP contribution in [0.15, 0.2) is 0 Å². The number of carboxylic acids is 1. The van der Waals surface area contributed by atoms with Crippen LogP contribution in [0, 0.1) is 0 Å². The highest BCUT2D eigenvalue weighted by molar-refractivity contribution is 5.84. The van der Waals surface area contributed by atoms with Crippen LogP contribution in [0.3, 0.4) is 0 Å². The minimum Gasteiger partial charge on any atom is -0.481 e. The highest BCUT2D eigenvalue weighted by Crippen LogP contribution is 2.05. The van der Waals surface area contributed by atoms with Gasteiger partial charge in [0.2, 0.25) is 5.91 Å². The van der Waals surface area contributed by atoms with Gasteiger partial charge in [-0.15, -0.1) is 0 Å². The van der Waals surface area contributed by atoms with Gasteiger partial charge >= 0.3 is 12.0 Å². The second kappa shape index (κ2) is 6.96. The Kier molecular flexibility index (Phi) is 5.59. The summed E-state index contributed by atoms with van der Waals surface area (Å²) in [5.41, 5.74) is 0. The fourth-order valence-electron chi connectivity index (χ4n) is 1.93. The van der Waals surface area contributed by atoms with Crippen molar-refractivity contribution in [3.63, 3.8) is 0 Å². The molecular weight excluding hydrogens is 250 g/mol. The molecule has 0 radical (unpaired) electrons. The van der Waals surface area contributed by atoms with Gasteiger partial charge in [-0.3, -0.25) is 9.59 Å². The molecule has 0 aromatic heterocycles. The molecule has 1 aliphatic heterocycles. The average Bonchev–Trinajstić information content (AvgIpc) is 2.50. The molecule has 0 saturated carbocycles. The van der Waals surface area contributed by atoms with Crippen LogP contribution in [-0.4, -0.2) is 65.5 Å². The molecule has 1 atom stereocenters. The van der Waals surface area contributed by atoms with Crippen LogP contribution < -0.4 is 5.32 Å². The maximum Gasteiger partial charge on any atom is 0.318 e. The van der Waals surface area contributed by atoms with Gasteiger partial charge in [-0.2, -0.15) is 0 Å². The molecule has 1 saturated heterocycles. The molecular formula is C12H21N3O4. The first kappa shape index (κ1) is 15.3. The minimum absolute atomic E-state index is 0.0475. The summed E-state index contributed by atoms with van der Waals surface area (Å²) in [6.45, 7) is 3.00. The number of carbonyl (C=O) groups excluding carboxylic acids is 2. The van der Waals surface area contributed by atoms with E-state index < -0.39 is 12.0 Å². The van der Waals surface area contributed by atoms with Gasteiger partial charge in [-0.1, -0.05) is 6.92 Å². The van der Waals surface area contributed by atoms with E-state index in [0.29, 0.717) is 19.5 Å². The van der Waals surface area contributed by atoms with E-state index in [0.717, 1.165) is 6.42 Å². The number of likely N-dealkylation sites (N-methyl/N-ethyl adjacent to an activating group) is 1. The zero-order valence-electron chi connectivity index (χ0n) is 11.4. The Hall–Kier alpha value is -1.79. The number of urea groups is 1. The van der Waals surface area contributed by atoms with E-state index in [1.54, 1.807) is 11.9 Å². The lowest BCUT2D eigenvalue weighted by atomic mass is 10.1. The van der Waals surface area contributed by atoms with E-state index in [2.05, 4.69) is 5.32 Å². The molecule has 19 heavy (non-hydrogen) atoms. The maximum absolute atomic E-state index is 12.0. The third-order valence-electron chi connectivity index (χ3n) is 3.20. The standard InChI is InChI=1S/C12H21N3O4/c1-3-9(7-11(17)18)13-12(19)15-6-4-5-14(2)10(16)8-15/h9H,3-8H2,1-2H3,(H,13,19)(H,17,18). The summed E-state index contributed by atoms with van der Waals surface area (Å²) in [6, 6.07) is -0.766. The van der Waals surface area contributed by atoms with Gasteiger partial charge < -0.3 is 20.2 Å². The summed E-state index contributed by atoms with van der Waals surface area (Å²) in [7, 11) is 1.71. The summed E-state index contributed by atoms with van der Waals surface area (Å²) in [5.74, 6) is -1.04. The molecule has 108 valence electrons. The molecule has 7 heteroatoms. The second-order valence-electron chi connectivity index (χ2n) is 4.74. The van der Waals surface area contributed by atoms with Crippen molar-refractivity contribution in [2.75, 3.05) is 26.7 Å². The van der Waals surface area contributed by atoms with E-state index in [1.165, 1.54) is 4.90 Å². The quantitative estimate of drug-likeness (QED) is 0.759. The van der Waals surface area contributed by atoms with Crippen LogP contribution in [-0.2, 0) is 9.59 Å². The van der Waals surface area contributed by atoms with Crippen molar-refractivity contribution >= 4 is 17.9 Å². The lowest BCUT2D eigenvalue weighted by Gasteiger charge is -2.23. The average molecular weight is 271 g/mol. The summed E-state index contributed by atoms with van der Waals surface area (Å²) in [4.78, 5) is 37.4. The number of carboxylic acid groups (broad SMARTS) is 1. The third-order valence-corrected chi connectivity index (χ3v) is 3.20. The van der Waals surface area contributed by atoms with Gasteiger partial charge in [0.15, 0.2) is 0 Å². The van der Waals surface area contributed by atoms with Crippen LogP contribution in [0.25, 0.3) is 0 Å². The van der Waals surface area contributed by atoms with Crippen LogP contribution in [0.1, 0.15) is 26.2 Å². The minimum atomic E-state index is -0.946. The molecule has 0 aliphatic carbocycles. The van der Waals surface area contributed by atoms with Gasteiger partial charge in [0, 0.05) is 26.2 Å². The normalized spacial score (nSPS) is 17.9. The fraction of sp³-hybridized carbons (Fsp3) is 0.750. The van der Waals surface area contributed by atoms with Crippen molar-refractivity contribution in [2.24, 2.45) is 0 Å². The molecule has 0 aromatic carbocycles. The van der Waals surface area contributed by atoms with Gasteiger partial charge in [-0.25, -0.2) is 4.79 Å². The Morgan fingerprint density at radius 3 is 2.68 bits per heavy atom. The lowest BCUT2D eigenvalue weighted by Crippen LogP contribution is -2.47. The molecule has 7 nitrogen and oxygen atoms in total. The van der Waals surface area contributed by atoms with E-state index in [9.17, 15) is 14.4 Å². The van der Waals surface area contributed by atoms with Crippen molar-refractivity contribution in [2.45, 2.75) is 32.2 Å². The molecule has 0 bridgehead atoms. The van der Waals surface area contributed by atoms with Gasteiger partial charge in [0.05, 0.1) is 6.42 Å². The number of nitrogens with one attached hydrogen (secondary N) is 1.